The summed E-state index contributed by atoms with van der Waals surface area (Å²) < 4.78 is 5.99. The maximum absolute atomic E-state index is 13.0. The molecule has 15 heteroatoms. The number of nitrogens with two attached hydrogens (primary N) is 1. The van der Waals surface area contributed by atoms with Gasteiger partial charge < -0.3 is 26.3 Å². The number of nitrogens with zero attached hydrogens (tertiary/aromatic N) is 4. The number of carboxylic acid groups (broad SMARTS) is 1. The smallest absolute Gasteiger partial charge is 0.352 e. The molecule has 4 heterocycles. The van der Waals surface area contributed by atoms with E-state index in [4.69, 9.17) is 10.6 Å². The number of aromatic nitrogens is 3. The largest absolute Gasteiger partial charge is 0.477 e. The Labute approximate surface area is 208 Å². The molecule has 3 unspecified atom stereocenters. The first-order valence-electron chi connectivity index (χ1n) is 10.7. The predicted octanol–water partition coefficient (Wildman–Crippen LogP) is -0.531. The summed E-state index contributed by atoms with van der Waals surface area (Å²) in [6.45, 7) is 2.49. The Bertz CT molecular complexity index is 1160. The third-order valence-electron chi connectivity index (χ3n) is 5.34. The number of amides is 2. The molecule has 2 aromatic rings. The molecule has 2 amide bonds. The van der Waals surface area contributed by atoms with Crippen molar-refractivity contribution in [1.82, 2.24) is 25.1 Å². The van der Waals surface area contributed by atoms with Crippen molar-refractivity contribution < 1.29 is 28.9 Å². The average molecular weight is 522 g/mol. The van der Waals surface area contributed by atoms with E-state index in [1.165, 1.54) is 16.7 Å². The number of aliphatic carboxylic acids is 1. The number of hydrogen-bond acceptors (Lipinski definition) is 11. The molecule has 13 nitrogen and oxygen atoms in total. The van der Waals surface area contributed by atoms with Crippen molar-refractivity contribution in [3.63, 3.8) is 0 Å². The first-order valence-corrected chi connectivity index (χ1v) is 12.4. The zero-order chi connectivity index (χ0) is 25.1. The van der Waals surface area contributed by atoms with Crippen LogP contribution in [0.25, 0.3) is 0 Å². The van der Waals surface area contributed by atoms with Gasteiger partial charge in [-0.25, -0.2) is 14.3 Å². The number of anilines is 2. The van der Waals surface area contributed by atoms with Crippen molar-refractivity contribution in [1.29, 1.82) is 0 Å². The minimum absolute atomic E-state index is 0.0995. The van der Waals surface area contributed by atoms with Crippen LogP contribution in [0.4, 0.5) is 10.8 Å². The van der Waals surface area contributed by atoms with Crippen LogP contribution in [0.2, 0.25) is 0 Å². The highest BCUT2D eigenvalue weighted by atomic mass is 32.2. The van der Waals surface area contributed by atoms with E-state index in [9.17, 15) is 19.5 Å². The third kappa shape index (κ3) is 5.22. The molecule has 4 atom stereocenters. The van der Waals surface area contributed by atoms with Crippen LogP contribution in [0.1, 0.15) is 18.8 Å². The molecule has 0 spiro atoms. The SMILES string of the molecule is CCONC(C(=O)NC1C(=O)N2C(C(=O)O)=CC(C[n+]3cccc(NC)c3)S[C@H]12)c1nsc(N)n1. The lowest BCUT2D eigenvalue weighted by Gasteiger charge is -2.49. The average Bonchev–Trinajstić information content (AvgIpc) is 3.27. The van der Waals surface area contributed by atoms with Crippen molar-refractivity contribution in [3.8, 4) is 0 Å². The molecule has 2 aliphatic rings. The molecule has 4 rings (SSSR count). The number of pyridine rings is 1. The van der Waals surface area contributed by atoms with Gasteiger partial charge >= 0.3 is 5.97 Å². The Morgan fingerprint density at radius 3 is 2.89 bits per heavy atom. The molecule has 0 saturated carbocycles. The molecule has 0 radical (unpaired) electrons. The first-order chi connectivity index (χ1) is 16.8. The van der Waals surface area contributed by atoms with Gasteiger partial charge in [-0.1, -0.05) is 0 Å². The zero-order valence-corrected chi connectivity index (χ0v) is 20.5. The van der Waals surface area contributed by atoms with Crippen molar-refractivity contribution in [2.24, 2.45) is 0 Å². The fourth-order valence-corrected chi connectivity index (χ4v) is 5.69. The highest BCUT2D eigenvalue weighted by Crippen LogP contribution is 2.41. The number of carboxylic acids is 1. The van der Waals surface area contributed by atoms with Gasteiger partial charge in [-0.15, -0.1) is 11.8 Å². The van der Waals surface area contributed by atoms with Gasteiger partial charge in [-0.2, -0.15) is 9.85 Å². The summed E-state index contributed by atoms with van der Waals surface area (Å²) >= 11 is 2.33. The molecule has 2 aromatic heterocycles. The van der Waals surface area contributed by atoms with Crippen LogP contribution in [0.15, 0.2) is 36.3 Å². The van der Waals surface area contributed by atoms with E-state index in [0.29, 0.717) is 6.54 Å². The zero-order valence-electron chi connectivity index (χ0n) is 18.9. The van der Waals surface area contributed by atoms with Gasteiger partial charge in [0.2, 0.25) is 5.91 Å². The maximum Gasteiger partial charge on any atom is 0.352 e. The van der Waals surface area contributed by atoms with Gasteiger partial charge in [0.1, 0.15) is 17.1 Å². The van der Waals surface area contributed by atoms with Gasteiger partial charge in [0.25, 0.3) is 5.91 Å². The molecule has 35 heavy (non-hydrogen) atoms. The van der Waals surface area contributed by atoms with Crippen LogP contribution in [0.3, 0.4) is 0 Å². The highest BCUT2D eigenvalue weighted by Gasteiger charge is 2.55. The number of β-lactam (4-membered cyclic amide) rings is 1. The monoisotopic (exact) mass is 521 g/mol. The van der Waals surface area contributed by atoms with E-state index in [-0.39, 0.29) is 28.5 Å². The van der Waals surface area contributed by atoms with E-state index < -0.39 is 35.2 Å². The Balaban J connectivity index is 1.51. The minimum atomic E-state index is -1.20. The lowest BCUT2D eigenvalue weighted by atomic mass is 10.0. The molecule has 0 aliphatic carbocycles. The third-order valence-corrected chi connectivity index (χ3v) is 7.29. The second-order valence-electron chi connectivity index (χ2n) is 7.63. The van der Waals surface area contributed by atoms with Crippen LogP contribution < -0.4 is 26.4 Å². The Morgan fingerprint density at radius 2 is 2.23 bits per heavy atom. The lowest BCUT2D eigenvalue weighted by Crippen LogP contribution is -2.71. The van der Waals surface area contributed by atoms with E-state index in [1.807, 2.05) is 36.1 Å². The number of carbonyl (C=O) groups is 3. The summed E-state index contributed by atoms with van der Waals surface area (Å²) in [7, 11) is 1.81. The van der Waals surface area contributed by atoms with Crippen LogP contribution >= 0.6 is 23.3 Å². The molecule has 186 valence electrons. The molecule has 6 N–H and O–H groups in total. The van der Waals surface area contributed by atoms with Crippen LogP contribution in [-0.2, 0) is 25.8 Å². The fourth-order valence-electron chi connectivity index (χ4n) is 3.72. The molecular weight excluding hydrogens is 496 g/mol. The second kappa shape index (κ2) is 10.6. The number of nitrogen functional groups attached to an aromatic ring is 1. The normalized spacial score (nSPS) is 22.0. The fraction of sp³-hybridized carbons (Fsp3) is 0.400. The molecule has 1 saturated heterocycles. The van der Waals surface area contributed by atoms with E-state index >= 15 is 0 Å². The number of nitrogens with one attached hydrogen (secondary N) is 3. The molecular formula is C20H25N8O5S2+. The number of thioether (sulfide) groups is 1. The van der Waals surface area contributed by atoms with Gasteiger partial charge in [-0.3, -0.25) is 14.5 Å². The topological polar surface area (TPSA) is 176 Å². The van der Waals surface area contributed by atoms with Gasteiger partial charge in [0.05, 0.1) is 17.5 Å². The number of hydrogen-bond donors (Lipinski definition) is 5. The number of hydroxylamine groups is 1. The summed E-state index contributed by atoms with van der Waals surface area (Å²) in [5, 5.41) is 14.8. The quantitative estimate of drug-likeness (QED) is 0.154. The maximum atomic E-state index is 13.0. The van der Waals surface area contributed by atoms with E-state index in [1.54, 1.807) is 13.0 Å². The molecule has 0 bridgehead atoms. The second-order valence-corrected chi connectivity index (χ2v) is 9.77. The van der Waals surface area contributed by atoms with Crippen LogP contribution in [0, 0.1) is 0 Å². The molecule has 2 aliphatic heterocycles. The minimum Gasteiger partial charge on any atom is -0.477 e. The first kappa shape index (κ1) is 24.8. The lowest BCUT2D eigenvalue weighted by molar-refractivity contribution is -0.694. The molecule has 0 aromatic carbocycles. The molecule has 1 fully saturated rings. The van der Waals surface area contributed by atoms with Crippen molar-refractivity contribution in [3.05, 3.63) is 42.1 Å². The van der Waals surface area contributed by atoms with Crippen LogP contribution in [0.5, 0.6) is 0 Å². The summed E-state index contributed by atoms with van der Waals surface area (Å²) in [4.78, 5) is 48.2. The van der Waals surface area contributed by atoms with Gasteiger partial charge in [-0.05, 0) is 19.1 Å². The highest BCUT2D eigenvalue weighted by molar-refractivity contribution is 8.00. The Kier molecular flexibility index (Phi) is 7.49. The standard InChI is InChI=1S/C20H24N8O5S2/c1-3-33-25-13(15-24-20(21)35-26-15)16(29)23-14-17(30)28-12(19(31)32)7-11(34-18(14)28)9-27-6-4-5-10(8-27)22-2/h4-8,11,13-14,18,22,25H,3,9H2,1-2H3,(H3-,21,23,24,26,29,31,32)/p+1/t11?,13?,14?,18-/m1/s1. The van der Waals surface area contributed by atoms with E-state index in [0.717, 1.165) is 17.2 Å². The van der Waals surface area contributed by atoms with E-state index in [2.05, 4.69) is 25.5 Å². The summed E-state index contributed by atoms with van der Waals surface area (Å²) in [5.41, 5.74) is 9.04. The van der Waals surface area contributed by atoms with Crippen molar-refractivity contribution in [2.75, 3.05) is 24.7 Å². The summed E-state index contributed by atoms with van der Waals surface area (Å²) in [5.74, 6) is -2.18. The van der Waals surface area contributed by atoms with Crippen molar-refractivity contribution in [2.45, 2.75) is 36.2 Å². The summed E-state index contributed by atoms with van der Waals surface area (Å²) in [6, 6.07) is 1.78. The predicted molar refractivity (Wildman–Crippen MR) is 128 cm³/mol. The summed E-state index contributed by atoms with van der Waals surface area (Å²) in [6.07, 6.45) is 5.35. The Hall–Kier alpha value is -3.27. The Morgan fingerprint density at radius 1 is 1.43 bits per heavy atom. The van der Waals surface area contributed by atoms with Crippen molar-refractivity contribution >= 4 is 51.9 Å². The van der Waals surface area contributed by atoms with Gasteiger partial charge in [0.15, 0.2) is 35.9 Å². The number of fused-ring (bicyclic) bond motifs is 1. The van der Waals surface area contributed by atoms with Gasteiger partial charge in [0, 0.05) is 24.6 Å². The van der Waals surface area contributed by atoms with Crippen LogP contribution in [-0.4, -0.2) is 67.5 Å². The number of rotatable bonds is 10. The number of carbonyl (C=O) groups excluding carboxylic acids is 2.